The van der Waals surface area contributed by atoms with E-state index in [1.54, 1.807) is 30.3 Å². The first-order valence-electron chi connectivity index (χ1n) is 7.65. The number of rotatable bonds is 4. The maximum Gasteiger partial charge on any atom is 0.257 e. The van der Waals surface area contributed by atoms with Crippen LogP contribution in [0, 0.1) is 5.82 Å². The van der Waals surface area contributed by atoms with Crippen LogP contribution in [0.25, 0.3) is 0 Å². The highest BCUT2D eigenvalue weighted by Gasteiger charge is 2.12. The summed E-state index contributed by atoms with van der Waals surface area (Å²) in [5.74, 6) is -0.957. The van der Waals surface area contributed by atoms with E-state index < -0.39 is 11.7 Å². The number of anilines is 1. The van der Waals surface area contributed by atoms with E-state index in [2.05, 4.69) is 5.32 Å². The number of hydrogen-bond donors (Lipinski definition) is 1. The minimum atomic E-state index is -0.518. The summed E-state index contributed by atoms with van der Waals surface area (Å²) < 4.78 is 15.2. The minimum Gasteiger partial charge on any atom is -0.321 e. The van der Waals surface area contributed by atoms with Gasteiger partial charge in [0.1, 0.15) is 5.82 Å². The van der Waals surface area contributed by atoms with Crippen LogP contribution in [-0.2, 0) is 6.54 Å². The number of nitrogens with one attached hydrogen (secondary N) is 1. The molecule has 0 bridgehead atoms. The Morgan fingerprint density at radius 2 is 1.73 bits per heavy atom. The first-order chi connectivity index (χ1) is 12.5. The van der Waals surface area contributed by atoms with Crippen molar-refractivity contribution in [1.29, 1.82) is 0 Å². The molecule has 0 aliphatic rings. The summed E-state index contributed by atoms with van der Waals surface area (Å²) in [6.07, 6.45) is 1.36. The molecular weight excluding hydrogens is 378 g/mol. The predicted octanol–water partition coefficient (Wildman–Crippen LogP) is 4.59. The maximum absolute atomic E-state index is 14.0. The average molecular weight is 391 g/mol. The van der Waals surface area contributed by atoms with E-state index in [9.17, 15) is 14.0 Å². The summed E-state index contributed by atoms with van der Waals surface area (Å²) in [5, 5.41) is 3.28. The molecule has 26 heavy (non-hydrogen) atoms. The zero-order valence-corrected chi connectivity index (χ0v) is 14.9. The number of hydrogen-bond acceptors (Lipinski definition) is 2. The third-order valence-electron chi connectivity index (χ3n) is 3.76. The Labute approximate surface area is 158 Å². The third kappa shape index (κ3) is 3.95. The van der Waals surface area contributed by atoms with Crippen molar-refractivity contribution < 1.29 is 9.18 Å². The average Bonchev–Trinajstić information content (AvgIpc) is 2.61. The Bertz CT molecular complexity index is 1010. The van der Waals surface area contributed by atoms with Crippen molar-refractivity contribution in [1.82, 2.24) is 4.57 Å². The first-order valence-corrected chi connectivity index (χ1v) is 8.40. The fourth-order valence-corrected chi connectivity index (χ4v) is 2.81. The van der Waals surface area contributed by atoms with Crippen molar-refractivity contribution in [3.05, 3.63) is 98.1 Å². The molecule has 0 radical (unpaired) electrons. The van der Waals surface area contributed by atoms with E-state index >= 15 is 0 Å². The van der Waals surface area contributed by atoms with Crippen LogP contribution < -0.4 is 10.9 Å². The number of benzene rings is 2. The van der Waals surface area contributed by atoms with Crippen LogP contribution in [0.15, 0.2) is 65.6 Å². The largest absolute Gasteiger partial charge is 0.321 e. The lowest BCUT2D eigenvalue weighted by Crippen LogP contribution is -2.23. The van der Waals surface area contributed by atoms with Gasteiger partial charge < -0.3 is 9.88 Å². The van der Waals surface area contributed by atoms with Crippen LogP contribution in [-0.4, -0.2) is 10.5 Å². The van der Waals surface area contributed by atoms with Gasteiger partial charge in [0.2, 0.25) is 0 Å². The molecule has 3 aromatic rings. The predicted molar refractivity (Wildman–Crippen MR) is 101 cm³/mol. The summed E-state index contributed by atoms with van der Waals surface area (Å²) in [6.45, 7) is -0.0858. The molecule has 2 aromatic carbocycles. The lowest BCUT2D eigenvalue weighted by atomic mass is 10.2. The summed E-state index contributed by atoms with van der Waals surface area (Å²) in [7, 11) is 0. The molecule has 0 atom stereocenters. The number of amides is 1. The normalized spacial score (nSPS) is 10.6. The van der Waals surface area contributed by atoms with Crippen molar-refractivity contribution in [2.24, 2.45) is 0 Å². The van der Waals surface area contributed by atoms with Crippen LogP contribution in [0.2, 0.25) is 10.0 Å². The van der Waals surface area contributed by atoms with Gasteiger partial charge in [-0.3, -0.25) is 9.59 Å². The van der Waals surface area contributed by atoms with E-state index in [-0.39, 0.29) is 28.3 Å². The highest BCUT2D eigenvalue weighted by atomic mass is 35.5. The molecule has 0 unspecified atom stereocenters. The smallest absolute Gasteiger partial charge is 0.257 e. The van der Waals surface area contributed by atoms with Crippen molar-refractivity contribution in [3.63, 3.8) is 0 Å². The van der Waals surface area contributed by atoms with Crippen LogP contribution in [0.4, 0.5) is 10.1 Å². The van der Waals surface area contributed by atoms with Gasteiger partial charge in [-0.15, -0.1) is 0 Å². The number of nitrogens with zero attached hydrogens (tertiary/aromatic N) is 1. The number of carbonyl (C=O) groups is 1. The molecule has 0 aliphatic heterocycles. The van der Waals surface area contributed by atoms with Gasteiger partial charge in [0.15, 0.2) is 0 Å². The molecule has 3 rings (SSSR count). The SMILES string of the molecule is O=C(Nc1ccccc1Cl)c1ccc(=O)n(Cc2c(F)cccc2Cl)c1. The Balaban J connectivity index is 1.89. The van der Waals surface area contributed by atoms with Gasteiger partial charge in [-0.05, 0) is 30.3 Å². The second-order valence-electron chi connectivity index (χ2n) is 5.52. The second kappa shape index (κ2) is 7.72. The lowest BCUT2D eigenvalue weighted by molar-refractivity contribution is 0.102. The minimum absolute atomic E-state index is 0.0858. The van der Waals surface area contributed by atoms with Gasteiger partial charge in [-0.2, -0.15) is 0 Å². The monoisotopic (exact) mass is 390 g/mol. The Morgan fingerprint density at radius 3 is 2.46 bits per heavy atom. The Kier molecular flexibility index (Phi) is 5.40. The maximum atomic E-state index is 14.0. The number of halogens is 3. The quantitative estimate of drug-likeness (QED) is 0.707. The topological polar surface area (TPSA) is 51.1 Å². The van der Waals surface area contributed by atoms with E-state index in [1.807, 2.05) is 0 Å². The highest BCUT2D eigenvalue weighted by molar-refractivity contribution is 6.33. The van der Waals surface area contributed by atoms with Crippen LogP contribution in [0.3, 0.4) is 0 Å². The third-order valence-corrected chi connectivity index (χ3v) is 4.44. The molecule has 7 heteroatoms. The number of pyridine rings is 1. The van der Waals surface area contributed by atoms with Gasteiger partial charge in [-0.1, -0.05) is 41.4 Å². The van der Waals surface area contributed by atoms with E-state index in [4.69, 9.17) is 23.2 Å². The molecule has 0 saturated heterocycles. The molecule has 0 saturated carbocycles. The van der Waals surface area contributed by atoms with Crippen molar-refractivity contribution in [3.8, 4) is 0 Å². The van der Waals surface area contributed by atoms with Gasteiger partial charge in [-0.25, -0.2) is 4.39 Å². The molecule has 4 nitrogen and oxygen atoms in total. The van der Waals surface area contributed by atoms with Gasteiger partial charge in [0, 0.05) is 22.8 Å². The summed E-state index contributed by atoms with van der Waals surface area (Å²) in [6, 6.07) is 13.7. The van der Waals surface area contributed by atoms with Crippen molar-refractivity contribution >= 4 is 34.8 Å². The highest BCUT2D eigenvalue weighted by Crippen LogP contribution is 2.22. The molecule has 1 amide bonds. The number of para-hydroxylation sites is 1. The summed E-state index contributed by atoms with van der Waals surface area (Å²) >= 11 is 12.0. The van der Waals surface area contributed by atoms with E-state index in [0.717, 1.165) is 0 Å². The molecule has 1 N–H and O–H groups in total. The molecule has 1 heterocycles. The standard InChI is InChI=1S/C19H13Cl2FN2O2/c20-14-5-3-6-16(22)13(14)11-24-10-12(8-9-18(24)25)19(26)23-17-7-2-1-4-15(17)21/h1-10H,11H2,(H,23,26). The number of carbonyl (C=O) groups excluding carboxylic acids is 1. The Morgan fingerprint density at radius 1 is 1.00 bits per heavy atom. The van der Waals surface area contributed by atoms with Gasteiger partial charge >= 0.3 is 0 Å². The zero-order chi connectivity index (χ0) is 18.7. The molecule has 0 spiro atoms. The second-order valence-corrected chi connectivity index (χ2v) is 6.33. The molecule has 132 valence electrons. The van der Waals surface area contributed by atoms with Gasteiger partial charge in [0.05, 0.1) is 22.8 Å². The first kappa shape index (κ1) is 18.2. The van der Waals surface area contributed by atoms with E-state index in [0.29, 0.717) is 10.7 Å². The molecule has 1 aromatic heterocycles. The van der Waals surface area contributed by atoms with Crippen LogP contribution in [0.5, 0.6) is 0 Å². The van der Waals surface area contributed by atoms with Gasteiger partial charge in [0.25, 0.3) is 11.5 Å². The molecule has 0 fully saturated rings. The van der Waals surface area contributed by atoms with Crippen LogP contribution >= 0.6 is 23.2 Å². The van der Waals surface area contributed by atoms with E-state index in [1.165, 1.54) is 35.0 Å². The summed E-state index contributed by atoms with van der Waals surface area (Å²) in [4.78, 5) is 24.5. The van der Waals surface area contributed by atoms with Crippen LogP contribution in [0.1, 0.15) is 15.9 Å². The Hall–Kier alpha value is -2.63. The summed E-state index contributed by atoms with van der Waals surface area (Å²) in [5.41, 5.74) is 0.490. The fourth-order valence-electron chi connectivity index (χ4n) is 2.40. The fraction of sp³-hybridized carbons (Fsp3) is 0.0526. The zero-order valence-electron chi connectivity index (χ0n) is 13.4. The molecule has 0 aliphatic carbocycles. The molecular formula is C19H13Cl2FN2O2. The lowest BCUT2D eigenvalue weighted by Gasteiger charge is -2.11. The van der Waals surface area contributed by atoms with Crippen molar-refractivity contribution in [2.75, 3.05) is 5.32 Å². The number of aromatic nitrogens is 1. The van der Waals surface area contributed by atoms with Crippen molar-refractivity contribution in [2.45, 2.75) is 6.54 Å².